The average molecular weight is 124 g/mol. The summed E-state index contributed by atoms with van der Waals surface area (Å²) >= 11 is 9.06. The van der Waals surface area contributed by atoms with Gasteiger partial charge in [0, 0.05) is 11.1 Å². The number of thiol groups is 1. The summed E-state index contributed by atoms with van der Waals surface area (Å²) in [6, 6.07) is 0. The third-order valence-corrected chi connectivity index (χ3v) is 1.11. The third kappa shape index (κ3) is 2.42. The molecule has 0 aliphatic heterocycles. The van der Waals surface area contributed by atoms with E-state index in [1.54, 1.807) is 0 Å². The Hall–Kier alpha value is 0.180. The monoisotopic (exact) mass is 123 g/mol. The normalized spacial score (nSPS) is 12.0. The predicted octanol–water partition coefficient (Wildman–Crippen LogP) is 0.955. The molecule has 0 amide bonds. The van der Waals surface area contributed by atoms with Crippen molar-refractivity contribution in [3.63, 3.8) is 0 Å². The van der Waals surface area contributed by atoms with Gasteiger partial charge in [-0.1, -0.05) is 0 Å². The van der Waals surface area contributed by atoms with E-state index in [0.29, 0.717) is 10.8 Å². The minimum atomic E-state index is 0.402. The Labute approximate surface area is 47.6 Å². The summed E-state index contributed by atoms with van der Waals surface area (Å²) in [6.45, 7) is 0. The van der Waals surface area contributed by atoms with Gasteiger partial charge in [-0.05, 0) is 0 Å². The van der Waals surface area contributed by atoms with E-state index in [-0.39, 0.29) is 0 Å². The quantitative estimate of drug-likeness (QED) is 0.394. The zero-order valence-corrected chi connectivity index (χ0v) is 4.84. The number of hydrogen-bond acceptors (Lipinski definition) is 2. The van der Waals surface area contributed by atoms with Crippen molar-refractivity contribution in [2.75, 3.05) is 5.88 Å². The van der Waals surface area contributed by atoms with Crippen LogP contribution in [0.2, 0.25) is 0 Å². The van der Waals surface area contributed by atoms with E-state index in [1.165, 1.54) is 6.20 Å². The molecule has 0 fully saturated rings. The average Bonchev–Trinajstić information content (AvgIpc) is 1.65. The molecule has 0 aromatic heterocycles. The highest BCUT2D eigenvalue weighted by Crippen LogP contribution is 1.97. The van der Waals surface area contributed by atoms with E-state index in [1.807, 2.05) is 0 Å². The summed E-state index contributed by atoms with van der Waals surface area (Å²) in [4.78, 5) is 0.705. The van der Waals surface area contributed by atoms with Crippen molar-refractivity contribution in [1.29, 1.82) is 0 Å². The van der Waals surface area contributed by atoms with E-state index < -0.39 is 0 Å². The van der Waals surface area contributed by atoms with Crippen LogP contribution in [0.4, 0.5) is 0 Å². The van der Waals surface area contributed by atoms with Gasteiger partial charge in [0.05, 0.1) is 5.88 Å². The lowest BCUT2D eigenvalue weighted by Crippen LogP contribution is -1.81. The highest BCUT2D eigenvalue weighted by molar-refractivity contribution is 7.84. The summed E-state index contributed by atoms with van der Waals surface area (Å²) < 4.78 is 0. The van der Waals surface area contributed by atoms with Crippen molar-refractivity contribution in [2.45, 2.75) is 0 Å². The Morgan fingerprint density at radius 2 is 2.50 bits per heavy atom. The lowest BCUT2D eigenvalue weighted by molar-refractivity contribution is 1.53. The SMILES string of the molecule is N/C=C(\S)CCl. The maximum Gasteiger partial charge on any atom is 0.0545 e. The fourth-order valence-electron chi connectivity index (χ4n) is 0.0445. The molecule has 0 aromatic rings. The first-order chi connectivity index (χ1) is 2.81. The molecule has 6 heavy (non-hydrogen) atoms. The van der Waals surface area contributed by atoms with Crippen LogP contribution in [0.25, 0.3) is 0 Å². The van der Waals surface area contributed by atoms with E-state index in [0.717, 1.165) is 0 Å². The predicted molar refractivity (Wildman–Crippen MR) is 32.0 cm³/mol. The standard InChI is InChI=1S/C3H6ClNS/c4-1-3(6)2-5/h2,6H,1,5H2/b3-2-. The van der Waals surface area contributed by atoms with Crippen molar-refractivity contribution >= 4 is 24.2 Å². The maximum absolute atomic E-state index is 5.23. The van der Waals surface area contributed by atoms with E-state index in [2.05, 4.69) is 12.6 Å². The summed E-state index contributed by atoms with van der Waals surface area (Å²) in [5, 5.41) is 0. The number of halogens is 1. The molecule has 0 bridgehead atoms. The number of alkyl halides is 1. The first-order valence-electron chi connectivity index (χ1n) is 1.47. The fourth-order valence-corrected chi connectivity index (χ4v) is 0.134. The molecule has 3 heteroatoms. The molecule has 0 unspecified atom stereocenters. The summed E-state index contributed by atoms with van der Waals surface area (Å²) in [6.07, 6.45) is 1.37. The summed E-state index contributed by atoms with van der Waals surface area (Å²) in [7, 11) is 0. The van der Waals surface area contributed by atoms with Crippen LogP contribution < -0.4 is 5.73 Å². The molecule has 36 valence electrons. The van der Waals surface area contributed by atoms with Gasteiger partial charge in [0.1, 0.15) is 0 Å². The first kappa shape index (κ1) is 6.18. The summed E-state index contributed by atoms with van der Waals surface area (Å²) in [5.41, 5.74) is 4.96. The lowest BCUT2D eigenvalue weighted by Gasteiger charge is -1.82. The van der Waals surface area contributed by atoms with Crippen LogP contribution in [0, 0.1) is 0 Å². The molecule has 0 aliphatic rings. The molecular weight excluding hydrogens is 118 g/mol. The number of hydrogen-bond donors (Lipinski definition) is 2. The van der Waals surface area contributed by atoms with Crippen LogP contribution in [0.5, 0.6) is 0 Å². The van der Waals surface area contributed by atoms with Gasteiger partial charge in [-0.3, -0.25) is 0 Å². The Bertz CT molecular complexity index is 61.8. The molecule has 1 nitrogen and oxygen atoms in total. The smallest absolute Gasteiger partial charge is 0.0545 e. The van der Waals surface area contributed by atoms with Crippen molar-refractivity contribution in [1.82, 2.24) is 0 Å². The third-order valence-electron chi connectivity index (χ3n) is 0.329. The van der Waals surface area contributed by atoms with Crippen molar-refractivity contribution in [2.24, 2.45) is 5.73 Å². The largest absolute Gasteiger partial charge is 0.404 e. The van der Waals surface area contributed by atoms with Gasteiger partial charge in [0.25, 0.3) is 0 Å². The van der Waals surface area contributed by atoms with Crippen LogP contribution in [0.1, 0.15) is 0 Å². The molecule has 0 saturated carbocycles. The Balaban J connectivity index is 3.22. The van der Waals surface area contributed by atoms with Gasteiger partial charge >= 0.3 is 0 Å². The van der Waals surface area contributed by atoms with Crippen LogP contribution in [0.15, 0.2) is 11.1 Å². The van der Waals surface area contributed by atoms with Gasteiger partial charge in [-0.25, -0.2) is 0 Å². The molecular formula is C3H6ClNS. The number of rotatable bonds is 1. The second-order valence-electron chi connectivity index (χ2n) is 0.792. The van der Waals surface area contributed by atoms with Gasteiger partial charge in [-0.2, -0.15) is 0 Å². The Morgan fingerprint density at radius 3 is 2.50 bits per heavy atom. The molecule has 0 radical (unpaired) electrons. The van der Waals surface area contributed by atoms with E-state index >= 15 is 0 Å². The van der Waals surface area contributed by atoms with Gasteiger partial charge < -0.3 is 5.73 Å². The molecule has 0 spiro atoms. The summed E-state index contributed by atoms with van der Waals surface area (Å²) in [5.74, 6) is 0.402. The van der Waals surface area contributed by atoms with Gasteiger partial charge in [-0.15, -0.1) is 24.2 Å². The molecule has 2 N–H and O–H groups in total. The lowest BCUT2D eigenvalue weighted by atomic mass is 10.7. The van der Waals surface area contributed by atoms with Crippen molar-refractivity contribution in [3.8, 4) is 0 Å². The molecule has 0 rings (SSSR count). The van der Waals surface area contributed by atoms with E-state index in [9.17, 15) is 0 Å². The Kier molecular flexibility index (Phi) is 3.47. The first-order valence-corrected chi connectivity index (χ1v) is 2.45. The van der Waals surface area contributed by atoms with Crippen LogP contribution >= 0.6 is 24.2 Å². The Morgan fingerprint density at radius 1 is 2.00 bits per heavy atom. The second kappa shape index (κ2) is 3.37. The zero-order chi connectivity index (χ0) is 4.99. The van der Waals surface area contributed by atoms with Gasteiger partial charge in [0.2, 0.25) is 0 Å². The molecule has 0 saturated heterocycles. The topological polar surface area (TPSA) is 26.0 Å². The van der Waals surface area contributed by atoms with Crippen molar-refractivity contribution in [3.05, 3.63) is 11.1 Å². The van der Waals surface area contributed by atoms with Gasteiger partial charge in [0.15, 0.2) is 0 Å². The molecule has 0 atom stereocenters. The maximum atomic E-state index is 5.23. The molecule has 0 aromatic carbocycles. The zero-order valence-electron chi connectivity index (χ0n) is 3.19. The minimum Gasteiger partial charge on any atom is -0.404 e. The number of nitrogens with two attached hydrogens (primary N) is 1. The second-order valence-corrected chi connectivity index (χ2v) is 1.63. The minimum absolute atomic E-state index is 0.402. The molecule has 0 heterocycles. The fraction of sp³-hybridized carbons (Fsp3) is 0.333. The molecule has 0 aliphatic carbocycles. The van der Waals surface area contributed by atoms with Crippen LogP contribution in [-0.2, 0) is 0 Å². The highest BCUT2D eigenvalue weighted by Gasteiger charge is 1.77. The van der Waals surface area contributed by atoms with Crippen LogP contribution in [-0.4, -0.2) is 5.88 Å². The van der Waals surface area contributed by atoms with E-state index in [4.69, 9.17) is 17.3 Å². The highest BCUT2D eigenvalue weighted by atomic mass is 35.5. The van der Waals surface area contributed by atoms with Crippen molar-refractivity contribution < 1.29 is 0 Å². The number of allylic oxidation sites excluding steroid dienone is 1. The van der Waals surface area contributed by atoms with Crippen LogP contribution in [0.3, 0.4) is 0 Å².